The van der Waals surface area contributed by atoms with Crippen molar-refractivity contribution in [3.8, 4) is 0 Å². The maximum atomic E-state index is 12.8. The van der Waals surface area contributed by atoms with Crippen LogP contribution in [0.15, 0.2) is 42.7 Å². The summed E-state index contributed by atoms with van der Waals surface area (Å²) in [4.78, 5) is 17.4. The predicted molar refractivity (Wildman–Crippen MR) is 95.1 cm³/mol. The van der Waals surface area contributed by atoms with Gasteiger partial charge in [0.05, 0.1) is 35.1 Å². The quantitative estimate of drug-likeness (QED) is 0.798. The normalized spacial score (nSPS) is 20.1. The van der Waals surface area contributed by atoms with Crippen molar-refractivity contribution in [2.24, 2.45) is 13.0 Å². The number of nitrogens with one attached hydrogen (secondary N) is 1. The second-order valence-electron chi connectivity index (χ2n) is 6.44. The van der Waals surface area contributed by atoms with Gasteiger partial charge in [0, 0.05) is 30.8 Å². The van der Waals surface area contributed by atoms with E-state index in [1.165, 1.54) is 0 Å². The average Bonchev–Trinajstić information content (AvgIpc) is 3.24. The van der Waals surface area contributed by atoms with Gasteiger partial charge in [0.1, 0.15) is 0 Å². The third-order valence-corrected chi connectivity index (χ3v) is 4.65. The Hall–Kier alpha value is -2.73. The Balaban J connectivity index is 1.58. The Kier molecular flexibility index (Phi) is 3.97. The van der Waals surface area contributed by atoms with Crippen LogP contribution in [0, 0.1) is 12.8 Å². The van der Waals surface area contributed by atoms with Crippen molar-refractivity contribution < 1.29 is 9.53 Å². The predicted octanol–water partition coefficient (Wildman–Crippen LogP) is 2.99. The molecule has 2 aromatic heterocycles. The minimum atomic E-state index is -0.248. The van der Waals surface area contributed by atoms with Gasteiger partial charge in [-0.2, -0.15) is 5.10 Å². The molecule has 1 amide bonds. The summed E-state index contributed by atoms with van der Waals surface area (Å²) in [5.74, 6) is -0.262. The molecule has 0 aliphatic carbocycles. The molecule has 0 spiro atoms. The van der Waals surface area contributed by atoms with Crippen LogP contribution in [0.25, 0.3) is 10.9 Å². The molecule has 1 aliphatic rings. The summed E-state index contributed by atoms with van der Waals surface area (Å²) >= 11 is 0. The van der Waals surface area contributed by atoms with Crippen molar-refractivity contribution in [2.75, 3.05) is 11.9 Å². The van der Waals surface area contributed by atoms with Crippen molar-refractivity contribution in [1.29, 1.82) is 0 Å². The standard InChI is InChI=1S/C19H20N4O2/c1-12-17(9-13-5-3-4-6-16(13)21-12)22-19(24)15-7-8-25-18(15)14-10-20-23(2)11-14/h3-6,9-11,15,18H,7-8H2,1-2H3,(H,22,24)/t15-,18+/m0/s1. The van der Waals surface area contributed by atoms with E-state index in [4.69, 9.17) is 4.74 Å². The van der Waals surface area contributed by atoms with E-state index in [1.54, 1.807) is 10.9 Å². The lowest BCUT2D eigenvalue weighted by Crippen LogP contribution is -2.25. The average molecular weight is 336 g/mol. The van der Waals surface area contributed by atoms with Crippen LogP contribution in [0.3, 0.4) is 0 Å². The number of carbonyl (C=O) groups excluding carboxylic acids is 1. The highest BCUT2D eigenvalue weighted by molar-refractivity contribution is 5.95. The zero-order valence-corrected chi connectivity index (χ0v) is 14.3. The molecular formula is C19H20N4O2. The van der Waals surface area contributed by atoms with Crippen LogP contribution in [0.1, 0.15) is 23.8 Å². The largest absolute Gasteiger partial charge is 0.373 e. The zero-order chi connectivity index (χ0) is 17.4. The number of hydrogen-bond donors (Lipinski definition) is 1. The number of fused-ring (bicyclic) bond motifs is 1. The fourth-order valence-electron chi connectivity index (χ4n) is 3.34. The van der Waals surface area contributed by atoms with Crippen LogP contribution in [0.4, 0.5) is 5.69 Å². The number of benzene rings is 1. The molecule has 0 unspecified atom stereocenters. The van der Waals surface area contributed by atoms with Gasteiger partial charge in [-0.1, -0.05) is 18.2 Å². The summed E-state index contributed by atoms with van der Waals surface area (Å²) in [7, 11) is 1.86. The summed E-state index contributed by atoms with van der Waals surface area (Å²) in [6.45, 7) is 2.48. The van der Waals surface area contributed by atoms with Gasteiger partial charge in [0.15, 0.2) is 0 Å². The Morgan fingerprint density at radius 2 is 2.20 bits per heavy atom. The summed E-state index contributed by atoms with van der Waals surface area (Å²) in [5.41, 5.74) is 3.42. The molecule has 128 valence electrons. The van der Waals surface area contributed by atoms with Crippen molar-refractivity contribution >= 4 is 22.5 Å². The first-order chi connectivity index (χ1) is 12.1. The Morgan fingerprint density at radius 1 is 1.36 bits per heavy atom. The minimum Gasteiger partial charge on any atom is -0.373 e. The van der Waals surface area contributed by atoms with E-state index in [-0.39, 0.29) is 17.9 Å². The van der Waals surface area contributed by atoms with Crippen molar-refractivity contribution in [1.82, 2.24) is 14.8 Å². The second kappa shape index (κ2) is 6.29. The van der Waals surface area contributed by atoms with Crippen molar-refractivity contribution in [2.45, 2.75) is 19.4 Å². The maximum Gasteiger partial charge on any atom is 0.230 e. The van der Waals surface area contributed by atoms with Crippen molar-refractivity contribution in [3.63, 3.8) is 0 Å². The molecule has 6 nitrogen and oxygen atoms in total. The summed E-state index contributed by atoms with van der Waals surface area (Å²) in [5, 5.41) is 8.23. The molecule has 3 aromatic rings. The van der Waals surface area contributed by atoms with Crippen LogP contribution >= 0.6 is 0 Å². The first-order valence-electron chi connectivity index (χ1n) is 8.39. The fourth-order valence-corrected chi connectivity index (χ4v) is 3.34. The molecule has 2 atom stereocenters. The summed E-state index contributed by atoms with van der Waals surface area (Å²) < 4.78 is 7.52. The van der Waals surface area contributed by atoms with Gasteiger partial charge in [-0.25, -0.2) is 0 Å². The number of carbonyl (C=O) groups is 1. The molecule has 1 fully saturated rings. The van der Waals surface area contributed by atoms with Gasteiger partial charge in [0.2, 0.25) is 5.91 Å². The molecule has 4 rings (SSSR count). The number of para-hydroxylation sites is 1. The molecule has 25 heavy (non-hydrogen) atoms. The third-order valence-electron chi connectivity index (χ3n) is 4.65. The third kappa shape index (κ3) is 3.00. The minimum absolute atomic E-state index is 0.0356. The molecule has 0 radical (unpaired) electrons. The second-order valence-corrected chi connectivity index (χ2v) is 6.44. The Bertz CT molecular complexity index is 934. The van der Waals surface area contributed by atoms with Gasteiger partial charge in [0.25, 0.3) is 0 Å². The van der Waals surface area contributed by atoms with Crippen molar-refractivity contribution in [3.05, 3.63) is 54.0 Å². The smallest absolute Gasteiger partial charge is 0.230 e. The summed E-state index contributed by atoms with van der Waals surface area (Å²) in [6, 6.07) is 9.87. The maximum absolute atomic E-state index is 12.8. The highest BCUT2D eigenvalue weighted by Crippen LogP contribution is 2.35. The summed E-state index contributed by atoms with van der Waals surface area (Å²) in [6.07, 6.45) is 4.12. The highest BCUT2D eigenvalue weighted by atomic mass is 16.5. The van der Waals surface area contributed by atoms with E-state index in [0.29, 0.717) is 13.0 Å². The topological polar surface area (TPSA) is 69.0 Å². The number of nitrogens with zero attached hydrogens (tertiary/aromatic N) is 3. The lowest BCUT2D eigenvalue weighted by molar-refractivity contribution is -0.121. The molecule has 0 bridgehead atoms. The van der Waals surface area contributed by atoms with E-state index in [1.807, 2.05) is 50.5 Å². The first kappa shape index (κ1) is 15.8. The van der Waals surface area contributed by atoms with E-state index in [9.17, 15) is 4.79 Å². The van der Waals surface area contributed by atoms with E-state index in [0.717, 1.165) is 27.8 Å². The molecule has 1 saturated heterocycles. The lowest BCUT2D eigenvalue weighted by Gasteiger charge is -2.18. The molecule has 1 aliphatic heterocycles. The van der Waals surface area contributed by atoms with Crippen LogP contribution in [-0.4, -0.2) is 27.3 Å². The number of anilines is 1. The van der Waals surface area contributed by atoms with E-state index in [2.05, 4.69) is 15.4 Å². The van der Waals surface area contributed by atoms with E-state index < -0.39 is 0 Å². The number of aromatic nitrogens is 3. The number of ether oxygens (including phenoxy) is 1. The number of pyridine rings is 1. The van der Waals surface area contributed by atoms with Crippen LogP contribution in [0.2, 0.25) is 0 Å². The highest BCUT2D eigenvalue weighted by Gasteiger charge is 2.36. The van der Waals surface area contributed by atoms with Gasteiger partial charge >= 0.3 is 0 Å². The van der Waals surface area contributed by atoms with Crippen LogP contribution in [0.5, 0.6) is 0 Å². The number of aryl methyl sites for hydroxylation is 2. The monoisotopic (exact) mass is 336 g/mol. The molecule has 1 N–H and O–H groups in total. The first-order valence-corrected chi connectivity index (χ1v) is 8.39. The molecular weight excluding hydrogens is 316 g/mol. The van der Waals surface area contributed by atoms with Crippen LogP contribution < -0.4 is 5.32 Å². The van der Waals surface area contributed by atoms with Gasteiger partial charge < -0.3 is 10.1 Å². The molecule has 0 saturated carbocycles. The number of rotatable bonds is 3. The lowest BCUT2D eigenvalue weighted by atomic mass is 9.96. The molecule has 1 aromatic carbocycles. The van der Waals surface area contributed by atoms with Crippen LogP contribution in [-0.2, 0) is 16.6 Å². The van der Waals surface area contributed by atoms with E-state index >= 15 is 0 Å². The SMILES string of the molecule is Cc1nc2ccccc2cc1NC(=O)[C@H]1CCO[C@@H]1c1cnn(C)c1. The fraction of sp³-hybridized carbons (Fsp3) is 0.316. The zero-order valence-electron chi connectivity index (χ0n) is 14.3. The Labute approximate surface area is 145 Å². The molecule has 3 heterocycles. The van der Waals surface area contributed by atoms with Gasteiger partial charge in [-0.15, -0.1) is 0 Å². The Morgan fingerprint density at radius 3 is 3.00 bits per heavy atom. The van der Waals surface area contributed by atoms with Gasteiger partial charge in [-0.05, 0) is 25.5 Å². The van der Waals surface area contributed by atoms with Gasteiger partial charge in [-0.3, -0.25) is 14.5 Å². The molecule has 6 heteroatoms. The number of hydrogen-bond acceptors (Lipinski definition) is 4. The number of amides is 1.